The van der Waals surface area contributed by atoms with Crippen molar-refractivity contribution in [3.63, 3.8) is 0 Å². The highest BCUT2D eigenvalue weighted by Crippen LogP contribution is 2.19. The Morgan fingerprint density at radius 3 is 2.86 bits per heavy atom. The third-order valence-electron chi connectivity index (χ3n) is 1.57. The van der Waals surface area contributed by atoms with Gasteiger partial charge in [-0.1, -0.05) is 18.2 Å². The normalized spacial score (nSPS) is 10.7. The van der Waals surface area contributed by atoms with E-state index in [0.717, 1.165) is 6.07 Å². The molecule has 14 heavy (non-hydrogen) atoms. The lowest BCUT2D eigenvalue weighted by Crippen LogP contribution is -1.92. The van der Waals surface area contributed by atoms with Crippen LogP contribution in [-0.2, 0) is 0 Å². The molecule has 0 unspecified atom stereocenters. The number of benzene rings is 1. The fourth-order valence-corrected chi connectivity index (χ4v) is 1.04. The van der Waals surface area contributed by atoms with E-state index < -0.39 is 16.4 Å². The lowest BCUT2D eigenvalue weighted by molar-refractivity contribution is -0.387. The number of halogens is 2. The Bertz CT molecular complexity index is 379. The maximum absolute atomic E-state index is 12.9. The summed E-state index contributed by atoms with van der Waals surface area (Å²) in [6.07, 6.45) is 3.22. The van der Waals surface area contributed by atoms with Crippen LogP contribution in [-0.4, -0.2) is 10.8 Å². The predicted molar refractivity (Wildman–Crippen MR) is 52.8 cm³/mol. The molecule has 3 nitrogen and oxygen atoms in total. The molecule has 5 heteroatoms. The van der Waals surface area contributed by atoms with Gasteiger partial charge in [0, 0.05) is 11.9 Å². The van der Waals surface area contributed by atoms with Crippen LogP contribution in [0.5, 0.6) is 0 Å². The molecular formula is C9H7ClFNO2. The van der Waals surface area contributed by atoms with Crippen molar-refractivity contribution < 1.29 is 9.31 Å². The first-order valence-corrected chi connectivity index (χ1v) is 4.35. The summed E-state index contributed by atoms with van der Waals surface area (Å²) in [5.74, 6) is -0.524. The summed E-state index contributed by atoms with van der Waals surface area (Å²) in [5.41, 5.74) is 0.0282. The first kappa shape index (κ1) is 10.7. The van der Waals surface area contributed by atoms with E-state index in [2.05, 4.69) is 0 Å². The zero-order valence-electron chi connectivity index (χ0n) is 7.11. The highest BCUT2D eigenvalue weighted by atomic mass is 35.5. The Morgan fingerprint density at radius 1 is 1.57 bits per heavy atom. The fraction of sp³-hybridized carbons (Fsp3) is 0.111. The van der Waals surface area contributed by atoms with Crippen molar-refractivity contribution in [2.24, 2.45) is 0 Å². The van der Waals surface area contributed by atoms with Gasteiger partial charge in [-0.25, -0.2) is 0 Å². The molecular weight excluding hydrogens is 209 g/mol. The summed E-state index contributed by atoms with van der Waals surface area (Å²) < 4.78 is 12.9. The number of nitro groups is 1. The third kappa shape index (κ3) is 2.53. The Labute approximate surface area is 85.0 Å². The Kier molecular flexibility index (Phi) is 3.59. The number of hydrogen-bond acceptors (Lipinski definition) is 2. The van der Waals surface area contributed by atoms with Crippen LogP contribution in [0.15, 0.2) is 24.3 Å². The van der Waals surface area contributed by atoms with Gasteiger partial charge in [0.05, 0.1) is 4.92 Å². The van der Waals surface area contributed by atoms with Gasteiger partial charge in [-0.3, -0.25) is 10.1 Å². The van der Waals surface area contributed by atoms with E-state index >= 15 is 0 Å². The van der Waals surface area contributed by atoms with Gasteiger partial charge in [-0.15, -0.1) is 11.6 Å². The van der Waals surface area contributed by atoms with Crippen LogP contribution in [0.4, 0.5) is 10.1 Å². The first-order chi connectivity index (χ1) is 6.65. The highest BCUT2D eigenvalue weighted by molar-refractivity contribution is 6.19. The molecule has 0 fully saturated rings. The van der Waals surface area contributed by atoms with Crippen molar-refractivity contribution in [1.29, 1.82) is 0 Å². The number of rotatable bonds is 3. The molecule has 0 amide bonds. The van der Waals surface area contributed by atoms with E-state index in [1.807, 2.05) is 0 Å². The molecule has 0 atom stereocenters. The molecule has 0 aliphatic rings. The minimum Gasteiger partial charge on any atom is -0.258 e. The number of nitro benzene ring substituents is 1. The molecule has 0 aliphatic heterocycles. The van der Waals surface area contributed by atoms with Crippen LogP contribution >= 0.6 is 11.6 Å². The maximum Gasteiger partial charge on any atom is 0.305 e. The number of allylic oxidation sites excluding steroid dienone is 1. The molecule has 0 saturated heterocycles. The van der Waals surface area contributed by atoms with E-state index in [1.54, 1.807) is 12.2 Å². The summed E-state index contributed by atoms with van der Waals surface area (Å²) in [7, 11) is 0. The van der Waals surface area contributed by atoms with Crippen molar-refractivity contribution in [3.05, 3.63) is 45.8 Å². The van der Waals surface area contributed by atoms with E-state index in [-0.39, 0.29) is 0 Å². The maximum atomic E-state index is 12.9. The zero-order valence-corrected chi connectivity index (χ0v) is 7.87. The van der Waals surface area contributed by atoms with Gasteiger partial charge in [0.25, 0.3) is 0 Å². The number of alkyl halides is 1. The summed E-state index contributed by atoms with van der Waals surface area (Å²) in [6.45, 7) is 0. The highest BCUT2D eigenvalue weighted by Gasteiger charge is 2.12. The molecule has 0 saturated carbocycles. The van der Waals surface area contributed by atoms with Gasteiger partial charge in [0.15, 0.2) is 0 Å². The average Bonchev–Trinajstić information content (AvgIpc) is 2.16. The molecule has 0 heterocycles. The topological polar surface area (TPSA) is 43.1 Å². The average molecular weight is 216 g/mol. The summed E-state index contributed by atoms with van der Waals surface area (Å²) in [6, 6.07) is 3.68. The van der Waals surface area contributed by atoms with E-state index in [1.165, 1.54) is 12.1 Å². The molecule has 0 N–H and O–H groups in total. The molecule has 1 aromatic carbocycles. The second kappa shape index (κ2) is 4.72. The van der Waals surface area contributed by atoms with Crippen molar-refractivity contribution in [2.75, 3.05) is 5.88 Å². The largest absolute Gasteiger partial charge is 0.305 e. The number of nitrogens with zero attached hydrogens (tertiary/aromatic N) is 1. The fourth-order valence-electron chi connectivity index (χ4n) is 0.954. The molecule has 1 aromatic rings. The van der Waals surface area contributed by atoms with Gasteiger partial charge in [-0.2, -0.15) is 4.39 Å². The minimum absolute atomic E-state index is 0.311. The second-order valence-electron chi connectivity index (χ2n) is 2.52. The standard InChI is InChI=1S/C9H7ClFNO2/c10-5-1-2-7-3-4-8(11)9(6-7)12(13)14/h1-4,6H,5H2/b2-1+. The molecule has 1 rings (SSSR count). The van der Waals surface area contributed by atoms with Crippen LogP contribution in [0, 0.1) is 15.9 Å². The molecule has 0 spiro atoms. The van der Waals surface area contributed by atoms with Crippen LogP contribution < -0.4 is 0 Å². The minimum atomic E-state index is -0.835. The molecule has 74 valence electrons. The zero-order chi connectivity index (χ0) is 10.6. The van der Waals surface area contributed by atoms with E-state index in [0.29, 0.717) is 11.4 Å². The quantitative estimate of drug-likeness (QED) is 0.442. The first-order valence-electron chi connectivity index (χ1n) is 3.81. The Balaban J connectivity index is 3.06. The molecule has 0 aliphatic carbocycles. The van der Waals surface area contributed by atoms with Crippen LogP contribution in [0.2, 0.25) is 0 Å². The van der Waals surface area contributed by atoms with Crippen LogP contribution in [0.1, 0.15) is 5.56 Å². The molecule has 0 radical (unpaired) electrons. The van der Waals surface area contributed by atoms with Gasteiger partial charge in [0.2, 0.25) is 5.82 Å². The van der Waals surface area contributed by atoms with Crippen molar-refractivity contribution in [1.82, 2.24) is 0 Å². The third-order valence-corrected chi connectivity index (χ3v) is 1.74. The van der Waals surface area contributed by atoms with Crippen LogP contribution in [0.3, 0.4) is 0 Å². The summed E-state index contributed by atoms with van der Waals surface area (Å²) >= 11 is 5.39. The lowest BCUT2D eigenvalue weighted by Gasteiger charge is -1.95. The summed E-state index contributed by atoms with van der Waals surface area (Å²) in [4.78, 5) is 9.61. The van der Waals surface area contributed by atoms with Crippen molar-refractivity contribution in [3.8, 4) is 0 Å². The van der Waals surface area contributed by atoms with Gasteiger partial charge in [-0.05, 0) is 11.6 Å². The second-order valence-corrected chi connectivity index (χ2v) is 2.83. The molecule has 0 aromatic heterocycles. The molecule has 0 bridgehead atoms. The van der Waals surface area contributed by atoms with Crippen LogP contribution in [0.25, 0.3) is 6.08 Å². The monoisotopic (exact) mass is 215 g/mol. The predicted octanol–water partition coefficient (Wildman–Crippen LogP) is 2.99. The van der Waals surface area contributed by atoms with Crippen molar-refractivity contribution in [2.45, 2.75) is 0 Å². The van der Waals surface area contributed by atoms with Gasteiger partial charge >= 0.3 is 5.69 Å². The summed E-state index contributed by atoms with van der Waals surface area (Å²) in [5, 5.41) is 10.4. The van der Waals surface area contributed by atoms with E-state index in [9.17, 15) is 14.5 Å². The Hall–Kier alpha value is -1.42. The smallest absolute Gasteiger partial charge is 0.258 e. The van der Waals surface area contributed by atoms with Crippen molar-refractivity contribution >= 4 is 23.4 Å². The SMILES string of the molecule is O=[N+]([O-])c1cc(/C=C/CCl)ccc1F. The Morgan fingerprint density at radius 2 is 2.29 bits per heavy atom. The van der Waals surface area contributed by atoms with E-state index in [4.69, 9.17) is 11.6 Å². The number of hydrogen-bond donors (Lipinski definition) is 0. The lowest BCUT2D eigenvalue weighted by atomic mass is 10.2. The van der Waals surface area contributed by atoms with Gasteiger partial charge in [0.1, 0.15) is 0 Å². The van der Waals surface area contributed by atoms with Gasteiger partial charge < -0.3 is 0 Å².